The van der Waals surface area contributed by atoms with Crippen LogP contribution in [0.4, 0.5) is 0 Å². The summed E-state index contributed by atoms with van der Waals surface area (Å²) in [7, 11) is 2.92. The van der Waals surface area contributed by atoms with Gasteiger partial charge in [-0.2, -0.15) is 0 Å². The molecule has 2 aliphatic rings. The van der Waals surface area contributed by atoms with Crippen molar-refractivity contribution in [1.29, 1.82) is 0 Å². The molecule has 0 bridgehead atoms. The Morgan fingerprint density at radius 1 is 1.03 bits per heavy atom. The second-order valence-electron chi connectivity index (χ2n) is 6.76. The Balaban J connectivity index is 1.62. The number of quaternary nitrogens is 1. The van der Waals surface area contributed by atoms with Crippen molar-refractivity contribution in [3.05, 3.63) is 23.8 Å². The van der Waals surface area contributed by atoms with E-state index in [2.05, 4.69) is 10.6 Å². The van der Waals surface area contributed by atoms with Crippen LogP contribution in [0.15, 0.2) is 18.2 Å². The topological polar surface area (TPSA) is 109 Å². The van der Waals surface area contributed by atoms with Gasteiger partial charge < -0.3 is 39.2 Å². The summed E-state index contributed by atoms with van der Waals surface area (Å²) in [5.41, 5.74) is 1.01. The third kappa shape index (κ3) is 5.57. The summed E-state index contributed by atoms with van der Waals surface area (Å²) in [5.74, 6) is -0.0343. The number of rotatable bonds is 8. The zero-order valence-electron chi connectivity index (χ0n) is 16.7. The highest BCUT2D eigenvalue weighted by atomic mass is 16.7. The van der Waals surface area contributed by atoms with Crippen molar-refractivity contribution in [2.75, 3.05) is 60.4 Å². The van der Waals surface area contributed by atoms with Crippen molar-refractivity contribution < 1.29 is 38.2 Å². The summed E-state index contributed by atoms with van der Waals surface area (Å²) in [6.45, 7) is 3.52. The monoisotopic (exact) mass is 410 g/mol. The third-order valence-corrected chi connectivity index (χ3v) is 5.05. The van der Waals surface area contributed by atoms with Gasteiger partial charge in [-0.1, -0.05) is 0 Å². The van der Waals surface area contributed by atoms with Gasteiger partial charge in [-0.15, -0.1) is 0 Å². The summed E-state index contributed by atoms with van der Waals surface area (Å²) in [6, 6.07) is 5.73. The minimum absolute atomic E-state index is 0.0455. The van der Waals surface area contributed by atoms with Crippen LogP contribution >= 0.6 is 0 Å². The van der Waals surface area contributed by atoms with Gasteiger partial charge in [0, 0.05) is 19.8 Å². The predicted octanol–water partition coefficient (Wildman–Crippen LogP) is -1.78. The minimum Gasteiger partial charge on any atom is -0.454 e. The van der Waals surface area contributed by atoms with Crippen LogP contribution in [0.3, 0.4) is 0 Å². The number of morpholine rings is 1. The van der Waals surface area contributed by atoms with Gasteiger partial charge in [-0.25, -0.2) is 0 Å². The molecule has 29 heavy (non-hydrogen) atoms. The van der Waals surface area contributed by atoms with Crippen LogP contribution in [0, 0.1) is 0 Å². The van der Waals surface area contributed by atoms with Gasteiger partial charge in [-0.05, 0) is 18.2 Å². The molecular weight excluding hydrogens is 382 g/mol. The van der Waals surface area contributed by atoms with Crippen molar-refractivity contribution in [2.24, 2.45) is 0 Å². The lowest BCUT2D eigenvalue weighted by Crippen LogP contribution is -3.15. The Hall–Kier alpha value is -2.40. The molecule has 3 rings (SSSR count). The SMILES string of the molecule is COC(CNC(=O)C(=O)NC[C@H](c1ccc2c(c1)OCO2)[NH+]1CCOCC1)OC. The van der Waals surface area contributed by atoms with Gasteiger partial charge in [0.05, 0.1) is 26.3 Å². The summed E-state index contributed by atoms with van der Waals surface area (Å²) in [6.07, 6.45) is -0.606. The van der Waals surface area contributed by atoms with E-state index in [1.165, 1.54) is 19.1 Å². The van der Waals surface area contributed by atoms with E-state index >= 15 is 0 Å². The zero-order valence-corrected chi connectivity index (χ0v) is 16.7. The van der Waals surface area contributed by atoms with Crippen molar-refractivity contribution >= 4 is 11.8 Å². The molecular formula is C19H28N3O7+. The highest BCUT2D eigenvalue weighted by Crippen LogP contribution is 2.33. The third-order valence-electron chi connectivity index (χ3n) is 5.05. The number of benzene rings is 1. The summed E-state index contributed by atoms with van der Waals surface area (Å²) >= 11 is 0. The summed E-state index contributed by atoms with van der Waals surface area (Å²) in [5, 5.41) is 5.24. The molecule has 0 saturated carbocycles. The quantitative estimate of drug-likeness (QED) is 0.344. The molecule has 0 radical (unpaired) electrons. The number of hydrogen-bond acceptors (Lipinski definition) is 7. The molecule has 0 aromatic heterocycles. The van der Waals surface area contributed by atoms with E-state index in [4.69, 9.17) is 23.7 Å². The number of ether oxygens (including phenoxy) is 5. The van der Waals surface area contributed by atoms with Gasteiger partial charge in [0.15, 0.2) is 17.8 Å². The second-order valence-corrected chi connectivity index (χ2v) is 6.76. The Kier molecular flexibility index (Phi) is 7.64. The van der Waals surface area contributed by atoms with Gasteiger partial charge >= 0.3 is 11.8 Å². The van der Waals surface area contributed by atoms with Crippen LogP contribution in [0.1, 0.15) is 11.6 Å². The molecule has 10 heteroatoms. The normalized spacial score (nSPS) is 17.2. The van der Waals surface area contributed by atoms with Crippen molar-refractivity contribution in [3.63, 3.8) is 0 Å². The Morgan fingerprint density at radius 3 is 2.38 bits per heavy atom. The molecule has 1 saturated heterocycles. The van der Waals surface area contributed by atoms with Crippen LogP contribution in [0.25, 0.3) is 0 Å². The van der Waals surface area contributed by atoms with E-state index in [-0.39, 0.29) is 19.4 Å². The molecule has 160 valence electrons. The van der Waals surface area contributed by atoms with E-state index in [0.29, 0.717) is 31.3 Å². The molecule has 10 nitrogen and oxygen atoms in total. The lowest BCUT2D eigenvalue weighted by atomic mass is 10.0. The van der Waals surface area contributed by atoms with Crippen LogP contribution in [-0.2, 0) is 23.8 Å². The fourth-order valence-electron chi connectivity index (χ4n) is 3.40. The van der Waals surface area contributed by atoms with Crippen molar-refractivity contribution in [2.45, 2.75) is 12.3 Å². The second kappa shape index (κ2) is 10.4. The fraction of sp³-hybridized carbons (Fsp3) is 0.579. The molecule has 0 unspecified atom stereocenters. The molecule has 1 atom stereocenters. The predicted molar refractivity (Wildman–Crippen MR) is 101 cm³/mol. The first-order valence-corrected chi connectivity index (χ1v) is 9.56. The van der Waals surface area contributed by atoms with Gasteiger partial charge in [-0.3, -0.25) is 9.59 Å². The van der Waals surface area contributed by atoms with Crippen molar-refractivity contribution in [3.8, 4) is 11.5 Å². The lowest BCUT2D eigenvalue weighted by Gasteiger charge is -2.32. The van der Waals surface area contributed by atoms with E-state index in [1.54, 1.807) is 0 Å². The number of fused-ring (bicyclic) bond motifs is 1. The summed E-state index contributed by atoms with van der Waals surface area (Å²) < 4.78 is 26.3. The first kappa shape index (κ1) is 21.3. The van der Waals surface area contributed by atoms with Gasteiger partial charge in [0.2, 0.25) is 6.79 Å². The van der Waals surface area contributed by atoms with Crippen LogP contribution in [-0.4, -0.2) is 78.5 Å². The minimum atomic E-state index is -0.731. The largest absolute Gasteiger partial charge is 0.454 e. The lowest BCUT2D eigenvalue weighted by molar-refractivity contribution is -0.937. The maximum absolute atomic E-state index is 12.3. The maximum Gasteiger partial charge on any atom is 0.309 e. The number of methoxy groups -OCH3 is 2. The van der Waals surface area contributed by atoms with Gasteiger partial charge in [0.25, 0.3) is 0 Å². The Morgan fingerprint density at radius 2 is 1.69 bits per heavy atom. The highest BCUT2D eigenvalue weighted by molar-refractivity contribution is 6.35. The zero-order chi connectivity index (χ0) is 20.6. The first-order chi connectivity index (χ1) is 14.1. The molecule has 0 spiro atoms. The maximum atomic E-state index is 12.3. The average Bonchev–Trinajstić information content (AvgIpc) is 3.23. The smallest absolute Gasteiger partial charge is 0.309 e. The van der Waals surface area contributed by atoms with E-state index in [1.807, 2.05) is 18.2 Å². The van der Waals surface area contributed by atoms with Crippen molar-refractivity contribution in [1.82, 2.24) is 10.6 Å². The van der Waals surface area contributed by atoms with Crippen LogP contribution in [0.2, 0.25) is 0 Å². The van der Waals surface area contributed by atoms with Crippen LogP contribution < -0.4 is 25.0 Å². The summed E-state index contributed by atoms with van der Waals surface area (Å²) in [4.78, 5) is 25.6. The molecule has 3 N–H and O–H groups in total. The molecule has 2 heterocycles. The molecule has 2 aliphatic heterocycles. The number of nitrogens with one attached hydrogen (secondary N) is 3. The van der Waals surface area contributed by atoms with Crippen LogP contribution in [0.5, 0.6) is 11.5 Å². The standard InChI is InChI=1S/C19H27N3O7/c1-25-17(26-2)11-21-19(24)18(23)20-10-14(22-5-7-27-8-6-22)13-3-4-15-16(9-13)29-12-28-15/h3-4,9,14,17H,5-8,10-12H2,1-2H3,(H,20,23)(H,21,24)/p+1/t14-/m1/s1. The van der Waals surface area contributed by atoms with E-state index in [9.17, 15) is 9.59 Å². The Bertz CT molecular complexity index is 705. The number of carbonyl (C=O) groups is 2. The molecule has 1 fully saturated rings. The number of amides is 2. The fourth-order valence-corrected chi connectivity index (χ4v) is 3.40. The van der Waals surface area contributed by atoms with Gasteiger partial charge in [0.1, 0.15) is 19.1 Å². The van der Waals surface area contributed by atoms with E-state index < -0.39 is 18.1 Å². The van der Waals surface area contributed by atoms with E-state index in [0.717, 1.165) is 18.7 Å². The molecule has 0 aliphatic carbocycles. The highest BCUT2D eigenvalue weighted by Gasteiger charge is 2.29. The average molecular weight is 410 g/mol. The Labute approximate surface area is 169 Å². The number of hydrogen-bond donors (Lipinski definition) is 3. The molecule has 2 amide bonds. The first-order valence-electron chi connectivity index (χ1n) is 9.56. The molecule has 1 aromatic rings. The number of carbonyl (C=O) groups excluding carboxylic acids is 2. The molecule has 1 aromatic carbocycles.